The maximum atomic E-state index is 11.8. The highest BCUT2D eigenvalue weighted by Gasteiger charge is 2.08. The fraction of sp³-hybridized carbons (Fsp3) is 0. The molecule has 3 N–H and O–H groups in total. The number of H-pyrrole nitrogens is 2. The molecule has 0 atom stereocenters. The summed E-state index contributed by atoms with van der Waals surface area (Å²) < 4.78 is 0. The van der Waals surface area contributed by atoms with Crippen molar-refractivity contribution < 1.29 is 0 Å². The van der Waals surface area contributed by atoms with Crippen molar-refractivity contribution in [3.05, 3.63) is 58.1 Å². The Morgan fingerprint density at radius 1 is 1.18 bits per heavy atom. The van der Waals surface area contributed by atoms with Gasteiger partial charge in [0.15, 0.2) is 5.82 Å². The number of nitrogens with one attached hydrogen (secondary N) is 3. The molecule has 4 rings (SSSR count). The second-order valence-electron chi connectivity index (χ2n) is 4.85. The van der Waals surface area contributed by atoms with Crippen LogP contribution in [-0.2, 0) is 0 Å². The molecule has 6 nitrogen and oxygen atoms in total. The van der Waals surface area contributed by atoms with Gasteiger partial charge < -0.3 is 10.3 Å². The number of halogens is 1. The maximum Gasteiger partial charge on any atom is 0.256 e. The average Bonchev–Trinajstić information content (AvgIpc) is 2.90. The Bertz CT molecular complexity index is 1050. The lowest BCUT2D eigenvalue weighted by atomic mass is 10.1. The molecule has 108 valence electrons. The van der Waals surface area contributed by atoms with Crippen LogP contribution in [0.3, 0.4) is 0 Å². The molecule has 3 heterocycles. The summed E-state index contributed by atoms with van der Waals surface area (Å²) in [4.78, 5) is 18.7. The maximum absolute atomic E-state index is 11.8. The highest BCUT2D eigenvalue weighted by Crippen LogP contribution is 2.24. The Labute approximate surface area is 129 Å². The smallest absolute Gasteiger partial charge is 0.256 e. The lowest BCUT2D eigenvalue weighted by molar-refractivity contribution is 1.12. The third-order valence-corrected chi connectivity index (χ3v) is 3.60. The quantitative estimate of drug-likeness (QED) is 0.496. The lowest BCUT2D eigenvalue weighted by Gasteiger charge is -2.05. The van der Waals surface area contributed by atoms with Gasteiger partial charge in [-0.15, -0.1) is 0 Å². The van der Waals surface area contributed by atoms with Gasteiger partial charge in [0.05, 0.1) is 5.52 Å². The molecule has 3 aromatic heterocycles. The Morgan fingerprint density at radius 3 is 3.00 bits per heavy atom. The number of pyridine rings is 2. The minimum Gasteiger partial charge on any atom is -0.337 e. The van der Waals surface area contributed by atoms with Crippen molar-refractivity contribution in [2.45, 2.75) is 0 Å². The minimum absolute atomic E-state index is 0.207. The zero-order valence-corrected chi connectivity index (χ0v) is 12.0. The van der Waals surface area contributed by atoms with Crippen molar-refractivity contribution in [3.63, 3.8) is 0 Å². The van der Waals surface area contributed by atoms with E-state index in [4.69, 9.17) is 11.6 Å². The van der Waals surface area contributed by atoms with Gasteiger partial charge in [-0.3, -0.25) is 14.9 Å². The van der Waals surface area contributed by atoms with Crippen LogP contribution >= 0.6 is 11.6 Å². The van der Waals surface area contributed by atoms with Crippen LogP contribution in [0.2, 0.25) is 5.15 Å². The van der Waals surface area contributed by atoms with Crippen LogP contribution < -0.4 is 10.9 Å². The third kappa shape index (κ3) is 2.10. The highest BCUT2D eigenvalue weighted by molar-refractivity contribution is 6.30. The van der Waals surface area contributed by atoms with Gasteiger partial charge in [-0.05, 0) is 41.8 Å². The van der Waals surface area contributed by atoms with Gasteiger partial charge in [-0.25, -0.2) is 0 Å². The summed E-state index contributed by atoms with van der Waals surface area (Å²) in [5.41, 5.74) is 2.20. The fourth-order valence-corrected chi connectivity index (χ4v) is 2.60. The van der Waals surface area contributed by atoms with E-state index in [1.807, 2.05) is 24.3 Å². The van der Waals surface area contributed by atoms with Gasteiger partial charge in [-0.1, -0.05) is 11.6 Å². The number of aromatic nitrogens is 4. The number of hydrogen-bond donors (Lipinski definition) is 3. The third-order valence-electron chi connectivity index (χ3n) is 3.39. The summed E-state index contributed by atoms with van der Waals surface area (Å²) in [6, 6.07) is 10.9. The molecule has 0 aliphatic rings. The molecular formula is C15H10ClN5O. The zero-order valence-electron chi connectivity index (χ0n) is 11.2. The van der Waals surface area contributed by atoms with Gasteiger partial charge in [0, 0.05) is 17.3 Å². The molecule has 0 aliphatic heterocycles. The van der Waals surface area contributed by atoms with Crippen LogP contribution in [-0.4, -0.2) is 20.2 Å². The van der Waals surface area contributed by atoms with E-state index in [9.17, 15) is 4.79 Å². The monoisotopic (exact) mass is 311 g/mol. The summed E-state index contributed by atoms with van der Waals surface area (Å²) in [7, 11) is 0. The second-order valence-corrected chi connectivity index (χ2v) is 5.25. The molecule has 0 unspecified atom stereocenters. The molecule has 0 radical (unpaired) electrons. The van der Waals surface area contributed by atoms with Crippen molar-refractivity contribution >= 4 is 44.9 Å². The number of hydrogen-bond acceptors (Lipinski definition) is 4. The lowest BCUT2D eigenvalue weighted by Crippen LogP contribution is -2.05. The predicted molar refractivity (Wildman–Crippen MR) is 86.8 cm³/mol. The fourth-order valence-electron chi connectivity index (χ4n) is 2.39. The molecular weight excluding hydrogens is 302 g/mol. The number of nitrogens with zero attached hydrogens (tertiary/aromatic N) is 2. The molecule has 0 amide bonds. The first-order valence-electron chi connectivity index (χ1n) is 6.59. The van der Waals surface area contributed by atoms with Crippen LogP contribution in [0.15, 0.2) is 47.4 Å². The summed E-state index contributed by atoms with van der Waals surface area (Å²) >= 11 is 5.89. The Morgan fingerprint density at radius 2 is 2.09 bits per heavy atom. The summed E-state index contributed by atoms with van der Waals surface area (Å²) in [6.07, 6.45) is 1.71. The van der Waals surface area contributed by atoms with Crippen LogP contribution in [0, 0.1) is 0 Å². The minimum atomic E-state index is -0.207. The van der Waals surface area contributed by atoms with Crippen LogP contribution in [0.4, 0.5) is 11.5 Å². The van der Waals surface area contributed by atoms with E-state index in [-0.39, 0.29) is 5.56 Å². The van der Waals surface area contributed by atoms with E-state index in [0.717, 1.165) is 22.1 Å². The van der Waals surface area contributed by atoms with E-state index >= 15 is 0 Å². The van der Waals surface area contributed by atoms with Crippen molar-refractivity contribution in [1.29, 1.82) is 0 Å². The average molecular weight is 312 g/mol. The van der Waals surface area contributed by atoms with Crippen molar-refractivity contribution in [2.24, 2.45) is 0 Å². The number of rotatable bonds is 2. The number of anilines is 2. The van der Waals surface area contributed by atoms with Gasteiger partial charge in [0.1, 0.15) is 10.7 Å². The molecule has 1 aromatic carbocycles. The van der Waals surface area contributed by atoms with Crippen molar-refractivity contribution in [1.82, 2.24) is 20.2 Å². The van der Waals surface area contributed by atoms with Gasteiger partial charge in [-0.2, -0.15) is 5.10 Å². The highest BCUT2D eigenvalue weighted by atomic mass is 35.5. The first-order chi connectivity index (χ1) is 10.7. The van der Waals surface area contributed by atoms with E-state index in [0.29, 0.717) is 16.4 Å². The van der Waals surface area contributed by atoms with Crippen molar-refractivity contribution in [2.75, 3.05) is 5.32 Å². The summed E-state index contributed by atoms with van der Waals surface area (Å²) in [6.45, 7) is 0. The largest absolute Gasteiger partial charge is 0.337 e. The molecule has 7 heteroatoms. The standard InChI is InChI=1S/C15H10ClN5O/c16-12-7-8-6-9(3-4-10(8)15(22)19-12)18-14-13-11(20-21-14)2-1-5-17-13/h1-7H,(H,19,22)(H2,18,20,21). The van der Waals surface area contributed by atoms with Crippen LogP contribution in [0.1, 0.15) is 0 Å². The molecule has 0 fully saturated rings. The van der Waals surface area contributed by atoms with Crippen LogP contribution in [0.5, 0.6) is 0 Å². The SMILES string of the molecule is O=c1[nH]c(Cl)cc2cc(Nc3n[nH]c4cccnc34)ccc12. The van der Waals surface area contributed by atoms with E-state index < -0.39 is 0 Å². The number of benzene rings is 1. The van der Waals surface area contributed by atoms with Crippen molar-refractivity contribution in [3.8, 4) is 0 Å². The van der Waals surface area contributed by atoms with Gasteiger partial charge in [0.2, 0.25) is 0 Å². The number of fused-ring (bicyclic) bond motifs is 2. The second kappa shape index (κ2) is 4.85. The first-order valence-corrected chi connectivity index (χ1v) is 6.97. The Balaban J connectivity index is 1.80. The van der Waals surface area contributed by atoms with Gasteiger partial charge >= 0.3 is 0 Å². The molecule has 0 saturated heterocycles. The molecule has 0 bridgehead atoms. The Kier molecular flexibility index (Phi) is 2.83. The number of aromatic amines is 2. The summed E-state index contributed by atoms with van der Waals surface area (Å²) in [5, 5.41) is 12.0. The topological polar surface area (TPSA) is 86.5 Å². The Hall–Kier alpha value is -2.86. The van der Waals surface area contributed by atoms with E-state index in [1.54, 1.807) is 18.3 Å². The molecule has 0 saturated carbocycles. The molecule has 22 heavy (non-hydrogen) atoms. The van der Waals surface area contributed by atoms with Gasteiger partial charge in [0.25, 0.3) is 5.56 Å². The summed E-state index contributed by atoms with van der Waals surface area (Å²) in [5.74, 6) is 0.630. The predicted octanol–water partition coefficient (Wildman–Crippen LogP) is 3.20. The normalized spacial score (nSPS) is 11.1. The van der Waals surface area contributed by atoms with Crippen LogP contribution in [0.25, 0.3) is 21.8 Å². The first kappa shape index (κ1) is 12.8. The molecule has 0 aliphatic carbocycles. The molecule has 4 aromatic rings. The van der Waals surface area contributed by atoms with E-state index in [1.165, 1.54) is 0 Å². The molecule has 0 spiro atoms. The zero-order chi connectivity index (χ0) is 15.1. The van der Waals surface area contributed by atoms with E-state index in [2.05, 4.69) is 25.5 Å².